The summed E-state index contributed by atoms with van der Waals surface area (Å²) in [5.74, 6) is 2.16. The maximum absolute atomic E-state index is 10.4. The van der Waals surface area contributed by atoms with Crippen LogP contribution in [0, 0.1) is 0 Å². The number of hydrogen-bond acceptors (Lipinski definition) is 6. The van der Waals surface area contributed by atoms with Gasteiger partial charge in [-0.15, -0.1) is 0 Å². The average Bonchev–Trinajstić information content (AvgIpc) is 2.91. The molecule has 1 fully saturated rings. The zero-order valence-electron chi connectivity index (χ0n) is 13.0. The Morgan fingerprint density at radius 3 is 2.48 bits per heavy atom. The Morgan fingerprint density at radius 2 is 1.86 bits per heavy atom. The molecule has 3 N–H and O–H groups in total. The van der Waals surface area contributed by atoms with Crippen molar-refractivity contribution < 1.29 is 9.84 Å². The van der Waals surface area contributed by atoms with Crippen LogP contribution in [0.25, 0.3) is 0 Å². The molecule has 0 amide bonds. The van der Waals surface area contributed by atoms with Gasteiger partial charge in [-0.3, -0.25) is 0 Å². The summed E-state index contributed by atoms with van der Waals surface area (Å²) in [5.41, 5.74) is -0.594. The maximum Gasteiger partial charge on any atom is 0.158 e. The van der Waals surface area contributed by atoms with Gasteiger partial charge < -0.3 is 20.5 Å². The molecule has 118 valence electrons. The minimum Gasteiger partial charge on any atom is -0.388 e. The average molecular weight is 294 g/mol. The Morgan fingerprint density at radius 1 is 1.19 bits per heavy atom. The molecule has 6 nitrogen and oxygen atoms in total. The molecule has 0 unspecified atom stereocenters. The fourth-order valence-corrected chi connectivity index (χ4v) is 2.58. The standard InChI is InChI=1S/C15H26N4O2/c1-3-16-12-9-13(19-14(18-12)10-21-4-2)17-11-15(20)7-5-6-8-15/h9,20H,3-8,10-11H2,1-2H3,(H2,16,17,18,19). The van der Waals surface area contributed by atoms with Crippen molar-refractivity contribution in [2.24, 2.45) is 0 Å². The molecule has 21 heavy (non-hydrogen) atoms. The molecule has 1 aliphatic rings. The van der Waals surface area contributed by atoms with Crippen molar-refractivity contribution in [3.63, 3.8) is 0 Å². The van der Waals surface area contributed by atoms with E-state index in [1.807, 2.05) is 19.9 Å². The molecule has 0 saturated heterocycles. The highest BCUT2D eigenvalue weighted by molar-refractivity contribution is 5.47. The summed E-state index contributed by atoms with van der Waals surface area (Å²) in [4.78, 5) is 8.85. The fraction of sp³-hybridized carbons (Fsp3) is 0.733. The molecule has 2 rings (SSSR count). The van der Waals surface area contributed by atoms with Crippen LogP contribution in [0.4, 0.5) is 11.6 Å². The maximum atomic E-state index is 10.4. The summed E-state index contributed by atoms with van der Waals surface area (Å²) in [7, 11) is 0. The Kier molecular flexibility index (Phi) is 5.76. The summed E-state index contributed by atoms with van der Waals surface area (Å²) in [6, 6.07) is 1.87. The highest BCUT2D eigenvalue weighted by atomic mass is 16.5. The molecule has 1 aromatic rings. The zero-order chi connectivity index (χ0) is 15.1. The second-order valence-corrected chi connectivity index (χ2v) is 5.51. The van der Waals surface area contributed by atoms with Crippen molar-refractivity contribution in [2.75, 3.05) is 30.3 Å². The Bertz CT molecular complexity index is 447. The number of hydrogen-bond donors (Lipinski definition) is 3. The minimum absolute atomic E-state index is 0.398. The Balaban J connectivity index is 2.03. The van der Waals surface area contributed by atoms with Gasteiger partial charge in [-0.05, 0) is 26.7 Å². The molecule has 0 aromatic carbocycles. The fourth-order valence-electron chi connectivity index (χ4n) is 2.58. The van der Waals surface area contributed by atoms with Crippen molar-refractivity contribution in [3.8, 4) is 0 Å². The summed E-state index contributed by atoms with van der Waals surface area (Å²) >= 11 is 0. The van der Waals surface area contributed by atoms with Crippen LogP contribution in [0.1, 0.15) is 45.4 Å². The first-order valence-electron chi connectivity index (χ1n) is 7.81. The van der Waals surface area contributed by atoms with E-state index in [1.54, 1.807) is 0 Å². The lowest BCUT2D eigenvalue weighted by Crippen LogP contribution is -2.33. The van der Waals surface area contributed by atoms with Gasteiger partial charge in [0, 0.05) is 25.8 Å². The molecule has 0 aliphatic heterocycles. The van der Waals surface area contributed by atoms with Crippen molar-refractivity contribution in [1.29, 1.82) is 0 Å². The third-order valence-corrected chi connectivity index (χ3v) is 3.70. The van der Waals surface area contributed by atoms with Crippen LogP contribution in [-0.4, -0.2) is 40.4 Å². The highest BCUT2D eigenvalue weighted by Crippen LogP contribution is 2.29. The van der Waals surface area contributed by atoms with Gasteiger partial charge in [-0.1, -0.05) is 12.8 Å². The molecule has 1 heterocycles. The van der Waals surface area contributed by atoms with Gasteiger partial charge in [-0.25, -0.2) is 9.97 Å². The van der Waals surface area contributed by atoms with Crippen molar-refractivity contribution in [1.82, 2.24) is 9.97 Å². The lowest BCUT2D eigenvalue weighted by Gasteiger charge is -2.23. The van der Waals surface area contributed by atoms with Crippen LogP contribution >= 0.6 is 0 Å². The van der Waals surface area contributed by atoms with Gasteiger partial charge in [0.15, 0.2) is 5.82 Å². The van der Waals surface area contributed by atoms with Gasteiger partial charge in [0.1, 0.15) is 18.2 Å². The van der Waals surface area contributed by atoms with E-state index in [0.717, 1.165) is 43.9 Å². The van der Waals surface area contributed by atoms with Crippen LogP contribution in [-0.2, 0) is 11.3 Å². The first kappa shape index (κ1) is 16.0. The van der Waals surface area contributed by atoms with Crippen LogP contribution < -0.4 is 10.6 Å². The predicted molar refractivity (Wildman–Crippen MR) is 83.4 cm³/mol. The number of aromatic nitrogens is 2. The third kappa shape index (κ3) is 4.82. The number of aliphatic hydroxyl groups is 1. The number of rotatable bonds is 8. The molecular weight excluding hydrogens is 268 g/mol. The normalized spacial score (nSPS) is 16.9. The van der Waals surface area contributed by atoms with Gasteiger partial charge in [-0.2, -0.15) is 0 Å². The first-order valence-corrected chi connectivity index (χ1v) is 7.81. The van der Waals surface area contributed by atoms with Crippen molar-refractivity contribution >= 4 is 11.6 Å². The van der Waals surface area contributed by atoms with Gasteiger partial charge in [0.25, 0.3) is 0 Å². The molecular formula is C15H26N4O2. The second-order valence-electron chi connectivity index (χ2n) is 5.51. The van der Waals surface area contributed by atoms with E-state index >= 15 is 0 Å². The monoisotopic (exact) mass is 294 g/mol. The minimum atomic E-state index is -0.594. The number of nitrogens with one attached hydrogen (secondary N) is 2. The van der Waals surface area contributed by atoms with E-state index in [0.29, 0.717) is 25.6 Å². The number of nitrogens with zero attached hydrogens (tertiary/aromatic N) is 2. The molecule has 1 aliphatic carbocycles. The van der Waals surface area contributed by atoms with Crippen LogP contribution in [0.3, 0.4) is 0 Å². The highest BCUT2D eigenvalue weighted by Gasteiger charge is 2.30. The summed E-state index contributed by atoms with van der Waals surface area (Å²) in [6.45, 7) is 6.34. The summed E-state index contributed by atoms with van der Waals surface area (Å²) in [5, 5.41) is 16.8. The van der Waals surface area contributed by atoms with Crippen LogP contribution in [0.5, 0.6) is 0 Å². The Labute approximate surface area is 126 Å². The molecule has 0 atom stereocenters. The van der Waals surface area contributed by atoms with Crippen LogP contribution in [0.15, 0.2) is 6.07 Å². The SMILES string of the molecule is CCNc1cc(NCC2(O)CCCC2)nc(COCC)n1. The first-order chi connectivity index (χ1) is 10.1. The van der Waals surface area contributed by atoms with E-state index in [-0.39, 0.29) is 0 Å². The second kappa shape index (κ2) is 7.56. The molecule has 0 spiro atoms. The molecule has 0 bridgehead atoms. The predicted octanol–water partition coefficient (Wildman–Crippen LogP) is 2.16. The largest absolute Gasteiger partial charge is 0.388 e. The number of anilines is 2. The summed E-state index contributed by atoms with van der Waals surface area (Å²) in [6.07, 6.45) is 3.91. The topological polar surface area (TPSA) is 79.3 Å². The van der Waals surface area contributed by atoms with E-state index in [9.17, 15) is 5.11 Å². The van der Waals surface area contributed by atoms with Gasteiger partial charge >= 0.3 is 0 Å². The third-order valence-electron chi connectivity index (χ3n) is 3.70. The number of ether oxygens (including phenoxy) is 1. The lowest BCUT2D eigenvalue weighted by molar-refractivity contribution is 0.0613. The van der Waals surface area contributed by atoms with E-state index in [1.165, 1.54) is 0 Å². The Hall–Kier alpha value is -1.40. The molecule has 1 aromatic heterocycles. The lowest BCUT2D eigenvalue weighted by atomic mass is 10.0. The molecule has 6 heteroatoms. The van der Waals surface area contributed by atoms with E-state index in [2.05, 4.69) is 20.6 Å². The van der Waals surface area contributed by atoms with E-state index < -0.39 is 5.60 Å². The van der Waals surface area contributed by atoms with E-state index in [4.69, 9.17) is 4.74 Å². The van der Waals surface area contributed by atoms with Crippen LogP contribution in [0.2, 0.25) is 0 Å². The van der Waals surface area contributed by atoms with Crippen molar-refractivity contribution in [3.05, 3.63) is 11.9 Å². The zero-order valence-corrected chi connectivity index (χ0v) is 13.0. The van der Waals surface area contributed by atoms with Crippen molar-refractivity contribution in [2.45, 2.75) is 51.7 Å². The molecule has 1 saturated carbocycles. The summed E-state index contributed by atoms with van der Waals surface area (Å²) < 4.78 is 5.38. The quantitative estimate of drug-likeness (QED) is 0.682. The van der Waals surface area contributed by atoms with Gasteiger partial charge in [0.2, 0.25) is 0 Å². The van der Waals surface area contributed by atoms with Gasteiger partial charge in [0.05, 0.1) is 5.60 Å². The smallest absolute Gasteiger partial charge is 0.158 e. The molecule has 0 radical (unpaired) electrons.